The zero-order valence-electron chi connectivity index (χ0n) is 18.3. The van der Waals surface area contributed by atoms with E-state index in [9.17, 15) is 17.6 Å². The summed E-state index contributed by atoms with van der Waals surface area (Å²) in [6, 6.07) is 25.6. The van der Waals surface area contributed by atoms with E-state index in [4.69, 9.17) is 4.74 Å². The Morgan fingerprint density at radius 2 is 1.45 bits per heavy atom. The van der Waals surface area contributed by atoms with E-state index < -0.39 is 21.5 Å². The number of amides is 1. The number of carbonyl (C=O) groups excluding carboxylic acids is 1. The zero-order chi connectivity index (χ0) is 23.5. The van der Waals surface area contributed by atoms with Crippen LogP contribution in [0.2, 0.25) is 0 Å². The molecule has 0 saturated heterocycles. The van der Waals surface area contributed by atoms with Gasteiger partial charge in [0.1, 0.15) is 17.3 Å². The van der Waals surface area contributed by atoms with Crippen LogP contribution in [0.5, 0.6) is 5.75 Å². The van der Waals surface area contributed by atoms with Crippen molar-refractivity contribution in [1.82, 2.24) is 5.32 Å². The molecule has 3 aromatic rings. The highest BCUT2D eigenvalue weighted by atomic mass is 32.2. The number of benzene rings is 3. The Morgan fingerprint density at radius 3 is 2.03 bits per heavy atom. The van der Waals surface area contributed by atoms with Crippen LogP contribution in [0.4, 0.5) is 4.39 Å². The lowest BCUT2D eigenvalue weighted by Gasteiger charge is -2.18. The van der Waals surface area contributed by atoms with Crippen molar-refractivity contribution < 1.29 is 22.3 Å². The molecule has 0 aromatic heterocycles. The fourth-order valence-electron chi connectivity index (χ4n) is 3.58. The highest BCUT2D eigenvalue weighted by molar-refractivity contribution is 7.92. The van der Waals surface area contributed by atoms with E-state index in [0.717, 1.165) is 11.1 Å². The van der Waals surface area contributed by atoms with Crippen molar-refractivity contribution in [2.24, 2.45) is 0 Å². The molecule has 3 rings (SSSR count). The van der Waals surface area contributed by atoms with E-state index in [1.54, 1.807) is 0 Å². The first kappa shape index (κ1) is 24.5. The predicted octanol–water partition coefficient (Wildman–Crippen LogP) is 4.35. The molecule has 0 aliphatic carbocycles. The molecule has 0 fully saturated rings. The van der Waals surface area contributed by atoms with E-state index in [1.807, 2.05) is 36.4 Å². The third-order valence-corrected chi connectivity index (χ3v) is 6.80. The van der Waals surface area contributed by atoms with Gasteiger partial charge in [0.05, 0.1) is 12.4 Å². The van der Waals surface area contributed by atoms with Crippen LogP contribution in [-0.2, 0) is 14.6 Å². The second kappa shape index (κ2) is 12.2. The van der Waals surface area contributed by atoms with Crippen molar-refractivity contribution in [1.29, 1.82) is 0 Å². The molecule has 174 valence electrons. The van der Waals surface area contributed by atoms with Crippen LogP contribution in [0.3, 0.4) is 0 Å². The first-order valence-electron chi connectivity index (χ1n) is 10.9. The lowest BCUT2D eigenvalue weighted by molar-refractivity contribution is -0.118. The average molecular weight is 470 g/mol. The fraction of sp³-hybridized carbons (Fsp3) is 0.269. The van der Waals surface area contributed by atoms with Crippen LogP contribution in [-0.4, -0.2) is 39.0 Å². The second-order valence-electron chi connectivity index (χ2n) is 7.76. The molecule has 1 amide bonds. The number of carbonyl (C=O) groups is 1. The molecule has 0 unspecified atom stereocenters. The van der Waals surface area contributed by atoms with Gasteiger partial charge in [0.15, 0.2) is 9.84 Å². The van der Waals surface area contributed by atoms with Gasteiger partial charge in [-0.15, -0.1) is 0 Å². The average Bonchev–Trinajstić information content (AvgIpc) is 2.81. The molecular weight excluding hydrogens is 441 g/mol. The Morgan fingerprint density at radius 1 is 0.879 bits per heavy atom. The Labute approximate surface area is 194 Å². The summed E-state index contributed by atoms with van der Waals surface area (Å²) in [5.74, 6) is -1.00. The number of hydrogen-bond acceptors (Lipinski definition) is 4. The molecule has 7 heteroatoms. The Balaban J connectivity index is 1.43. The van der Waals surface area contributed by atoms with Crippen LogP contribution < -0.4 is 10.1 Å². The van der Waals surface area contributed by atoms with Gasteiger partial charge in [-0.3, -0.25) is 4.79 Å². The van der Waals surface area contributed by atoms with Crippen LogP contribution in [0, 0.1) is 5.82 Å². The topological polar surface area (TPSA) is 72.5 Å². The van der Waals surface area contributed by atoms with Gasteiger partial charge in [-0.1, -0.05) is 60.7 Å². The predicted molar refractivity (Wildman–Crippen MR) is 128 cm³/mol. The summed E-state index contributed by atoms with van der Waals surface area (Å²) >= 11 is 0. The minimum atomic E-state index is -3.55. The van der Waals surface area contributed by atoms with Gasteiger partial charge in [-0.05, 0) is 48.2 Å². The van der Waals surface area contributed by atoms with Crippen molar-refractivity contribution in [3.8, 4) is 5.75 Å². The SMILES string of the molecule is O=C(CS(=O)(=O)CCCOc1ccc(F)cc1)NCCC(c1ccccc1)c1ccccc1. The summed E-state index contributed by atoms with van der Waals surface area (Å²) in [5.41, 5.74) is 2.29. The van der Waals surface area contributed by atoms with Crippen LogP contribution >= 0.6 is 0 Å². The Bertz CT molecular complexity index is 1060. The lowest BCUT2D eigenvalue weighted by Crippen LogP contribution is -2.32. The summed E-state index contributed by atoms with van der Waals surface area (Å²) < 4.78 is 42.8. The van der Waals surface area contributed by atoms with Crippen molar-refractivity contribution in [2.75, 3.05) is 24.7 Å². The first-order chi connectivity index (χ1) is 15.9. The first-order valence-corrected chi connectivity index (χ1v) is 12.7. The summed E-state index contributed by atoms with van der Waals surface area (Å²) in [6.45, 7) is 0.540. The third-order valence-electron chi connectivity index (χ3n) is 5.19. The number of halogens is 1. The van der Waals surface area contributed by atoms with E-state index in [0.29, 0.717) is 18.7 Å². The molecule has 0 bridgehead atoms. The smallest absolute Gasteiger partial charge is 0.235 e. The molecular formula is C26H28FNO4S. The quantitative estimate of drug-likeness (QED) is 0.401. The maximum atomic E-state index is 12.9. The van der Waals surface area contributed by atoms with Gasteiger partial charge < -0.3 is 10.1 Å². The van der Waals surface area contributed by atoms with Crippen LogP contribution in [0.25, 0.3) is 0 Å². The second-order valence-corrected chi connectivity index (χ2v) is 9.94. The van der Waals surface area contributed by atoms with E-state index in [1.165, 1.54) is 24.3 Å². The molecule has 0 saturated carbocycles. The minimum absolute atomic E-state index is 0.105. The molecule has 0 heterocycles. The molecule has 0 aliphatic rings. The third kappa shape index (κ3) is 8.35. The fourth-order valence-corrected chi connectivity index (χ4v) is 4.78. The number of sulfone groups is 1. The normalized spacial score (nSPS) is 11.3. The Kier molecular flexibility index (Phi) is 9.01. The molecule has 0 aliphatic heterocycles. The monoisotopic (exact) mass is 469 g/mol. The molecule has 5 nitrogen and oxygen atoms in total. The number of hydrogen-bond donors (Lipinski definition) is 1. The van der Waals surface area contributed by atoms with Gasteiger partial charge in [0.25, 0.3) is 0 Å². The molecule has 0 radical (unpaired) electrons. The summed E-state index contributed by atoms with van der Waals surface area (Å²) in [4.78, 5) is 12.2. The maximum Gasteiger partial charge on any atom is 0.235 e. The lowest BCUT2D eigenvalue weighted by atomic mass is 9.88. The number of ether oxygens (including phenoxy) is 1. The van der Waals surface area contributed by atoms with E-state index >= 15 is 0 Å². The summed E-state index contributed by atoms with van der Waals surface area (Å²) in [6.07, 6.45) is 0.905. The van der Waals surface area contributed by atoms with E-state index in [2.05, 4.69) is 29.6 Å². The van der Waals surface area contributed by atoms with Gasteiger partial charge >= 0.3 is 0 Å². The molecule has 0 atom stereocenters. The highest BCUT2D eigenvalue weighted by Crippen LogP contribution is 2.27. The molecule has 3 aromatic carbocycles. The van der Waals surface area contributed by atoms with Gasteiger partial charge in [0.2, 0.25) is 5.91 Å². The highest BCUT2D eigenvalue weighted by Gasteiger charge is 2.18. The maximum absolute atomic E-state index is 12.9. The number of rotatable bonds is 12. The van der Waals surface area contributed by atoms with Crippen molar-refractivity contribution in [3.05, 3.63) is 102 Å². The summed E-state index contributed by atoms with van der Waals surface area (Å²) in [7, 11) is -3.55. The van der Waals surface area contributed by atoms with Crippen LogP contribution in [0.15, 0.2) is 84.9 Å². The largest absolute Gasteiger partial charge is 0.494 e. The molecule has 1 N–H and O–H groups in total. The van der Waals surface area contributed by atoms with Gasteiger partial charge in [0, 0.05) is 12.5 Å². The number of nitrogens with one attached hydrogen (secondary N) is 1. The molecule has 0 spiro atoms. The van der Waals surface area contributed by atoms with Crippen molar-refractivity contribution in [3.63, 3.8) is 0 Å². The standard InChI is InChI=1S/C26H28FNO4S/c27-23-12-14-24(15-13-23)32-18-7-19-33(30,31)20-26(29)28-17-16-25(21-8-3-1-4-9-21)22-10-5-2-6-11-22/h1-6,8-15,25H,7,16-20H2,(H,28,29). The van der Waals surface area contributed by atoms with E-state index in [-0.39, 0.29) is 30.5 Å². The zero-order valence-corrected chi connectivity index (χ0v) is 19.1. The summed E-state index contributed by atoms with van der Waals surface area (Å²) in [5, 5.41) is 2.75. The van der Waals surface area contributed by atoms with Gasteiger partial charge in [-0.25, -0.2) is 12.8 Å². The minimum Gasteiger partial charge on any atom is -0.494 e. The van der Waals surface area contributed by atoms with Crippen LogP contribution in [0.1, 0.15) is 29.9 Å². The van der Waals surface area contributed by atoms with Crippen molar-refractivity contribution in [2.45, 2.75) is 18.8 Å². The van der Waals surface area contributed by atoms with Crippen molar-refractivity contribution >= 4 is 15.7 Å². The Hall–Kier alpha value is -3.19. The van der Waals surface area contributed by atoms with Gasteiger partial charge in [-0.2, -0.15) is 0 Å². The molecule has 33 heavy (non-hydrogen) atoms.